The molecule has 0 spiro atoms. The number of rotatable bonds is 6. The number of carbonyl (C=O) groups excluding carboxylic acids is 2. The largest absolute Gasteiger partial charge is 0.494 e. The van der Waals surface area contributed by atoms with E-state index in [0.29, 0.717) is 0 Å². The zero-order valence-corrected chi connectivity index (χ0v) is 16.1. The van der Waals surface area contributed by atoms with Crippen LogP contribution in [0.2, 0.25) is 0 Å². The molecule has 2 rings (SSSR count). The van der Waals surface area contributed by atoms with Crippen LogP contribution in [-0.2, 0) is 9.53 Å². The third kappa shape index (κ3) is 4.84. The van der Waals surface area contributed by atoms with Gasteiger partial charge in [0.05, 0.1) is 12.7 Å². The lowest BCUT2D eigenvalue weighted by atomic mass is 9.98. The normalized spacial score (nSPS) is 11.8. The fourth-order valence-electron chi connectivity index (χ4n) is 2.64. The van der Waals surface area contributed by atoms with Crippen molar-refractivity contribution in [3.8, 4) is 5.75 Å². The molecule has 5 nitrogen and oxygen atoms in total. The van der Waals surface area contributed by atoms with E-state index in [4.69, 9.17) is 9.47 Å². The number of hydrogen-bond donors (Lipinski definition) is 1. The molecule has 2 aromatic carbocycles. The summed E-state index contributed by atoms with van der Waals surface area (Å²) >= 11 is 0. The van der Waals surface area contributed by atoms with Crippen molar-refractivity contribution < 1.29 is 23.5 Å². The summed E-state index contributed by atoms with van der Waals surface area (Å²) in [6.45, 7) is 7.44. The first kappa shape index (κ1) is 20.4. The summed E-state index contributed by atoms with van der Waals surface area (Å²) in [5.74, 6) is -1.66. The van der Waals surface area contributed by atoms with Crippen molar-refractivity contribution in [2.24, 2.45) is 0 Å². The van der Waals surface area contributed by atoms with Gasteiger partial charge in [-0.3, -0.25) is 4.79 Å². The van der Waals surface area contributed by atoms with Crippen LogP contribution in [0.3, 0.4) is 0 Å². The van der Waals surface area contributed by atoms with E-state index in [9.17, 15) is 14.0 Å². The Bertz CT molecular complexity index is 848. The van der Waals surface area contributed by atoms with Crippen molar-refractivity contribution in [1.82, 2.24) is 0 Å². The molecule has 27 heavy (non-hydrogen) atoms. The molecule has 1 amide bonds. The fourth-order valence-corrected chi connectivity index (χ4v) is 2.64. The lowest BCUT2D eigenvalue weighted by Gasteiger charge is -2.19. The molecule has 1 N–H and O–H groups in total. The van der Waals surface area contributed by atoms with E-state index >= 15 is 0 Å². The van der Waals surface area contributed by atoms with Crippen LogP contribution >= 0.6 is 0 Å². The highest BCUT2D eigenvalue weighted by atomic mass is 19.1. The number of halogens is 1. The van der Waals surface area contributed by atoms with Gasteiger partial charge in [-0.15, -0.1) is 0 Å². The summed E-state index contributed by atoms with van der Waals surface area (Å²) in [5.41, 5.74) is 2.65. The molecule has 2 aromatic rings. The third-order valence-electron chi connectivity index (χ3n) is 4.22. The molecule has 0 unspecified atom stereocenters. The van der Waals surface area contributed by atoms with Crippen molar-refractivity contribution in [3.05, 3.63) is 58.9 Å². The van der Waals surface area contributed by atoms with Crippen LogP contribution in [0.5, 0.6) is 5.75 Å². The molecule has 0 saturated carbocycles. The second kappa shape index (κ2) is 8.66. The summed E-state index contributed by atoms with van der Waals surface area (Å²) in [5, 5.41) is 2.84. The van der Waals surface area contributed by atoms with Gasteiger partial charge in [0, 0.05) is 5.69 Å². The third-order valence-corrected chi connectivity index (χ3v) is 4.22. The van der Waals surface area contributed by atoms with E-state index in [1.807, 2.05) is 39.0 Å². The number of benzene rings is 2. The van der Waals surface area contributed by atoms with Gasteiger partial charge in [0.15, 0.2) is 17.7 Å². The van der Waals surface area contributed by atoms with E-state index in [0.717, 1.165) is 22.9 Å². The molecule has 0 aliphatic carbocycles. The molecule has 1 atom stereocenters. The topological polar surface area (TPSA) is 64.6 Å². The first-order chi connectivity index (χ1) is 12.7. The number of aryl methyl sites for hydroxylation is 1. The highest BCUT2D eigenvalue weighted by Gasteiger charge is 2.22. The van der Waals surface area contributed by atoms with Gasteiger partial charge in [-0.05, 0) is 49.1 Å². The van der Waals surface area contributed by atoms with E-state index in [1.54, 1.807) is 0 Å². The van der Waals surface area contributed by atoms with Crippen molar-refractivity contribution in [2.45, 2.75) is 39.7 Å². The quantitative estimate of drug-likeness (QED) is 0.760. The second-order valence-electron chi connectivity index (χ2n) is 6.58. The zero-order chi connectivity index (χ0) is 20.1. The van der Waals surface area contributed by atoms with Gasteiger partial charge in [-0.2, -0.15) is 0 Å². The molecular formula is C21H24FNO4. The summed E-state index contributed by atoms with van der Waals surface area (Å²) in [6.07, 6.45) is -1.04. The van der Waals surface area contributed by atoms with Crippen LogP contribution in [0.15, 0.2) is 36.4 Å². The molecule has 0 aliphatic rings. The van der Waals surface area contributed by atoms with E-state index in [2.05, 4.69) is 5.32 Å². The van der Waals surface area contributed by atoms with Gasteiger partial charge in [0.25, 0.3) is 5.91 Å². The zero-order valence-electron chi connectivity index (χ0n) is 16.1. The summed E-state index contributed by atoms with van der Waals surface area (Å²) in [7, 11) is 1.33. The van der Waals surface area contributed by atoms with Crippen LogP contribution < -0.4 is 10.1 Å². The molecule has 0 radical (unpaired) electrons. The van der Waals surface area contributed by atoms with Crippen molar-refractivity contribution in [1.29, 1.82) is 0 Å². The molecule has 0 aliphatic heterocycles. The van der Waals surface area contributed by atoms with E-state index in [-0.39, 0.29) is 17.2 Å². The molecule has 0 bridgehead atoms. The maximum Gasteiger partial charge on any atom is 0.339 e. The fraction of sp³-hybridized carbons (Fsp3) is 0.333. The molecule has 0 aromatic heterocycles. The Labute approximate surface area is 158 Å². The monoisotopic (exact) mass is 373 g/mol. The Morgan fingerprint density at radius 3 is 2.41 bits per heavy atom. The standard InChI is InChI=1S/C21H24FNO4/c1-12(2)16-8-6-7-13(3)19(16)23-20(24)14(4)27-21(25)15-9-10-18(26-5)17(22)11-15/h6-12,14H,1-5H3,(H,23,24)/t14-/m1/s1. The van der Waals surface area contributed by atoms with Crippen LogP contribution in [-0.4, -0.2) is 25.1 Å². The molecule has 0 saturated heterocycles. The number of nitrogens with one attached hydrogen (secondary N) is 1. The minimum atomic E-state index is -1.04. The van der Waals surface area contributed by atoms with Crippen LogP contribution in [0.25, 0.3) is 0 Å². The van der Waals surface area contributed by atoms with E-state index < -0.39 is 23.8 Å². The predicted octanol–water partition coefficient (Wildman–Crippen LogP) is 4.45. The van der Waals surface area contributed by atoms with Crippen LogP contribution in [0.1, 0.15) is 48.2 Å². The highest BCUT2D eigenvalue weighted by molar-refractivity contribution is 5.98. The van der Waals surface area contributed by atoms with E-state index in [1.165, 1.54) is 26.2 Å². The molecule has 0 heterocycles. The minimum Gasteiger partial charge on any atom is -0.494 e. The average Bonchev–Trinajstić information content (AvgIpc) is 2.62. The number of anilines is 1. The Balaban J connectivity index is 2.10. The first-order valence-electron chi connectivity index (χ1n) is 8.69. The lowest BCUT2D eigenvalue weighted by Crippen LogP contribution is -2.30. The number of amides is 1. The number of methoxy groups -OCH3 is 1. The Morgan fingerprint density at radius 1 is 1.11 bits per heavy atom. The average molecular weight is 373 g/mol. The van der Waals surface area contributed by atoms with Crippen LogP contribution in [0.4, 0.5) is 10.1 Å². The van der Waals surface area contributed by atoms with Gasteiger partial charge in [0.2, 0.25) is 0 Å². The van der Waals surface area contributed by atoms with Gasteiger partial charge < -0.3 is 14.8 Å². The number of hydrogen-bond acceptors (Lipinski definition) is 4. The molecule has 0 fully saturated rings. The summed E-state index contributed by atoms with van der Waals surface area (Å²) in [6, 6.07) is 9.51. The molecule has 6 heteroatoms. The van der Waals surface area contributed by atoms with Crippen molar-refractivity contribution >= 4 is 17.6 Å². The number of para-hydroxylation sites is 1. The lowest BCUT2D eigenvalue weighted by molar-refractivity contribution is -0.123. The Kier molecular flexibility index (Phi) is 6.55. The SMILES string of the molecule is COc1ccc(C(=O)O[C@H](C)C(=O)Nc2c(C)cccc2C(C)C)cc1F. The first-order valence-corrected chi connectivity index (χ1v) is 8.69. The van der Waals surface area contributed by atoms with Crippen LogP contribution in [0, 0.1) is 12.7 Å². The maximum absolute atomic E-state index is 13.7. The van der Waals surface area contributed by atoms with Gasteiger partial charge in [-0.25, -0.2) is 9.18 Å². The smallest absolute Gasteiger partial charge is 0.339 e. The maximum atomic E-state index is 13.7. The predicted molar refractivity (Wildman–Crippen MR) is 102 cm³/mol. The van der Waals surface area contributed by atoms with Gasteiger partial charge in [0.1, 0.15) is 0 Å². The highest BCUT2D eigenvalue weighted by Crippen LogP contribution is 2.27. The molecule has 144 valence electrons. The van der Waals surface area contributed by atoms with Crippen molar-refractivity contribution in [3.63, 3.8) is 0 Å². The Hall–Kier alpha value is -2.89. The number of ether oxygens (including phenoxy) is 2. The van der Waals surface area contributed by atoms with Gasteiger partial charge in [-0.1, -0.05) is 32.0 Å². The van der Waals surface area contributed by atoms with Crippen molar-refractivity contribution in [2.75, 3.05) is 12.4 Å². The molecular weight excluding hydrogens is 349 g/mol. The minimum absolute atomic E-state index is 0.00621. The Morgan fingerprint density at radius 2 is 1.81 bits per heavy atom. The number of carbonyl (C=O) groups is 2. The van der Waals surface area contributed by atoms with Gasteiger partial charge >= 0.3 is 5.97 Å². The number of esters is 1. The summed E-state index contributed by atoms with van der Waals surface area (Å²) < 4.78 is 23.7. The second-order valence-corrected chi connectivity index (χ2v) is 6.58. The summed E-state index contributed by atoms with van der Waals surface area (Å²) in [4.78, 5) is 24.7.